The van der Waals surface area contributed by atoms with Gasteiger partial charge in [-0.05, 0) is 79.4 Å². The van der Waals surface area contributed by atoms with Crippen molar-refractivity contribution >= 4 is 62.3 Å². The number of nitrogens with zero attached hydrogens (tertiary/aromatic N) is 2. The van der Waals surface area contributed by atoms with Gasteiger partial charge in [-0.1, -0.05) is 96.3 Å². The fraction of sp³-hybridized carbons (Fsp3) is 0.257. The third-order valence-corrected chi connectivity index (χ3v) is 10.4. The number of anilines is 1. The lowest BCUT2D eigenvalue weighted by Crippen LogP contribution is -2.54. The van der Waals surface area contributed by atoms with Gasteiger partial charge in [0.1, 0.15) is 12.6 Å². The van der Waals surface area contributed by atoms with E-state index in [1.807, 2.05) is 44.2 Å². The highest BCUT2D eigenvalue weighted by atomic mass is 35.5. The monoisotopic (exact) mass is 699 g/mol. The summed E-state index contributed by atoms with van der Waals surface area (Å²) in [6.07, 6.45) is 0.884. The highest BCUT2D eigenvalue weighted by Crippen LogP contribution is 2.29. The highest BCUT2D eigenvalue weighted by Gasteiger charge is 2.35. The Balaban J connectivity index is 1.83. The van der Waals surface area contributed by atoms with Crippen LogP contribution in [0.4, 0.5) is 5.69 Å². The minimum Gasteiger partial charge on any atom is -0.352 e. The number of sulfonamides is 1. The lowest BCUT2D eigenvalue weighted by molar-refractivity contribution is -0.140. The van der Waals surface area contributed by atoms with Crippen LogP contribution in [0.2, 0.25) is 15.1 Å². The standard InChI is InChI=1S/C35H36Cl3N3O4S/c1-4-25(3)39-35(43)33(21-26-11-6-5-7-12-26)40(22-27-14-19-30(37)31(38)20-27)34(42)23-41(32-13-9-8-10-24(32)2)46(44,45)29-17-15-28(36)16-18-29/h5-20,25,33H,4,21-23H2,1-3H3,(H,39,43)/t25-,33+/m0/s1. The summed E-state index contributed by atoms with van der Waals surface area (Å²) in [6, 6.07) is 25.9. The van der Waals surface area contributed by atoms with Gasteiger partial charge in [-0.15, -0.1) is 0 Å². The van der Waals surface area contributed by atoms with Gasteiger partial charge in [0, 0.05) is 24.0 Å². The van der Waals surface area contributed by atoms with Gasteiger partial charge in [0.25, 0.3) is 10.0 Å². The molecule has 11 heteroatoms. The maximum Gasteiger partial charge on any atom is 0.264 e. The lowest BCUT2D eigenvalue weighted by Gasteiger charge is -2.34. The van der Waals surface area contributed by atoms with Crippen molar-refractivity contribution in [1.29, 1.82) is 0 Å². The molecular formula is C35H36Cl3N3O4S. The molecule has 2 atom stereocenters. The van der Waals surface area contributed by atoms with Crippen LogP contribution in [0.5, 0.6) is 0 Å². The first-order valence-electron chi connectivity index (χ1n) is 14.8. The van der Waals surface area contributed by atoms with Crippen molar-refractivity contribution in [2.24, 2.45) is 0 Å². The first kappa shape index (κ1) is 35.3. The molecule has 0 aliphatic rings. The van der Waals surface area contributed by atoms with E-state index in [0.717, 1.165) is 9.87 Å². The number of carbonyl (C=O) groups excluding carboxylic acids is 2. The van der Waals surface area contributed by atoms with Gasteiger partial charge in [-0.25, -0.2) is 8.42 Å². The Hall–Kier alpha value is -3.56. The molecule has 0 saturated carbocycles. The molecule has 7 nitrogen and oxygen atoms in total. The van der Waals surface area contributed by atoms with Crippen molar-refractivity contribution < 1.29 is 18.0 Å². The second-order valence-electron chi connectivity index (χ2n) is 11.0. The molecule has 0 aromatic heterocycles. The fourth-order valence-electron chi connectivity index (χ4n) is 4.92. The molecule has 0 aliphatic carbocycles. The summed E-state index contributed by atoms with van der Waals surface area (Å²) in [5, 5.41) is 4.04. The maximum atomic E-state index is 14.6. The molecular weight excluding hydrogens is 665 g/mol. The van der Waals surface area contributed by atoms with Crippen molar-refractivity contribution in [2.45, 2.75) is 57.1 Å². The summed E-state index contributed by atoms with van der Waals surface area (Å²) in [5.41, 5.74) is 2.45. The second kappa shape index (κ2) is 15.8. The first-order chi connectivity index (χ1) is 21.9. The molecule has 1 N–H and O–H groups in total. The van der Waals surface area contributed by atoms with Crippen molar-refractivity contribution in [1.82, 2.24) is 10.2 Å². The second-order valence-corrected chi connectivity index (χ2v) is 14.2. The number of amides is 2. The summed E-state index contributed by atoms with van der Waals surface area (Å²) in [5.74, 6) is -0.929. The van der Waals surface area contributed by atoms with Gasteiger partial charge in [0.05, 0.1) is 20.6 Å². The number of hydrogen-bond acceptors (Lipinski definition) is 4. The van der Waals surface area contributed by atoms with E-state index in [-0.39, 0.29) is 29.8 Å². The van der Waals surface area contributed by atoms with Crippen LogP contribution in [0.1, 0.15) is 37.0 Å². The van der Waals surface area contributed by atoms with Gasteiger partial charge < -0.3 is 10.2 Å². The van der Waals surface area contributed by atoms with Gasteiger partial charge >= 0.3 is 0 Å². The summed E-state index contributed by atoms with van der Waals surface area (Å²) in [4.78, 5) is 29.9. The van der Waals surface area contributed by atoms with E-state index in [1.165, 1.54) is 29.2 Å². The van der Waals surface area contributed by atoms with Crippen molar-refractivity contribution in [2.75, 3.05) is 10.8 Å². The maximum absolute atomic E-state index is 14.6. The Morgan fingerprint density at radius 2 is 1.48 bits per heavy atom. The van der Waals surface area contributed by atoms with E-state index in [0.29, 0.717) is 38.3 Å². The van der Waals surface area contributed by atoms with E-state index in [2.05, 4.69) is 5.32 Å². The molecule has 0 heterocycles. The Kier molecular flexibility index (Phi) is 12.1. The molecule has 4 aromatic rings. The topological polar surface area (TPSA) is 86.8 Å². The summed E-state index contributed by atoms with van der Waals surface area (Å²) in [7, 11) is -4.25. The number of aryl methyl sites for hydroxylation is 1. The number of halogens is 3. The van der Waals surface area contributed by atoms with Gasteiger partial charge in [0.15, 0.2) is 0 Å². The average molecular weight is 701 g/mol. The molecule has 0 bridgehead atoms. The first-order valence-corrected chi connectivity index (χ1v) is 17.4. The van der Waals surface area contributed by atoms with Crippen molar-refractivity contribution in [3.63, 3.8) is 0 Å². The molecule has 0 fully saturated rings. The molecule has 0 spiro atoms. The number of carbonyl (C=O) groups is 2. The van der Waals surface area contributed by atoms with Crippen molar-refractivity contribution in [3.05, 3.63) is 129 Å². The summed E-state index contributed by atoms with van der Waals surface area (Å²) in [6.45, 7) is 5.02. The van der Waals surface area contributed by atoms with E-state index >= 15 is 0 Å². The number of para-hydroxylation sites is 1. The number of nitrogens with one attached hydrogen (secondary N) is 1. The molecule has 4 aromatic carbocycles. The third kappa shape index (κ3) is 8.82. The molecule has 242 valence electrons. The van der Waals surface area contributed by atoms with E-state index in [4.69, 9.17) is 34.8 Å². The van der Waals surface area contributed by atoms with Crippen LogP contribution in [0, 0.1) is 6.92 Å². The largest absolute Gasteiger partial charge is 0.352 e. The predicted molar refractivity (Wildman–Crippen MR) is 186 cm³/mol. The Labute approximate surface area is 286 Å². The van der Waals surface area contributed by atoms with Crippen LogP contribution in [0.25, 0.3) is 0 Å². The molecule has 0 saturated heterocycles. The minimum atomic E-state index is -4.25. The van der Waals surface area contributed by atoms with Crippen LogP contribution < -0.4 is 9.62 Å². The van der Waals surface area contributed by atoms with Crippen LogP contribution >= 0.6 is 34.8 Å². The summed E-state index contributed by atoms with van der Waals surface area (Å²) < 4.78 is 29.4. The molecule has 4 rings (SSSR count). The van der Waals surface area contributed by atoms with E-state index in [9.17, 15) is 18.0 Å². The number of rotatable bonds is 13. The van der Waals surface area contributed by atoms with Crippen LogP contribution in [-0.2, 0) is 32.6 Å². The Morgan fingerprint density at radius 3 is 2.11 bits per heavy atom. The zero-order valence-electron chi connectivity index (χ0n) is 25.8. The van der Waals surface area contributed by atoms with E-state index in [1.54, 1.807) is 49.4 Å². The highest BCUT2D eigenvalue weighted by molar-refractivity contribution is 7.92. The normalized spacial score (nSPS) is 12.7. The zero-order chi connectivity index (χ0) is 33.4. The molecule has 0 aliphatic heterocycles. The third-order valence-electron chi connectivity index (χ3n) is 7.67. The zero-order valence-corrected chi connectivity index (χ0v) is 28.9. The number of benzene rings is 4. The van der Waals surface area contributed by atoms with E-state index < -0.39 is 28.5 Å². The SMILES string of the molecule is CC[C@H](C)NC(=O)[C@@H](Cc1ccccc1)N(Cc1ccc(Cl)c(Cl)c1)C(=O)CN(c1ccccc1C)S(=O)(=O)c1ccc(Cl)cc1. The van der Waals surface area contributed by atoms with Crippen LogP contribution in [-0.4, -0.2) is 43.8 Å². The molecule has 2 amide bonds. The molecule has 0 radical (unpaired) electrons. The van der Waals surface area contributed by atoms with Gasteiger partial charge in [0.2, 0.25) is 11.8 Å². The smallest absolute Gasteiger partial charge is 0.264 e. The quantitative estimate of drug-likeness (QED) is 0.155. The Bertz CT molecular complexity index is 1770. The lowest BCUT2D eigenvalue weighted by atomic mass is 10.0. The molecule has 0 unspecified atom stereocenters. The minimum absolute atomic E-state index is 0.0241. The van der Waals surface area contributed by atoms with Gasteiger partial charge in [-0.2, -0.15) is 0 Å². The van der Waals surface area contributed by atoms with Crippen LogP contribution in [0.3, 0.4) is 0 Å². The van der Waals surface area contributed by atoms with Crippen molar-refractivity contribution in [3.8, 4) is 0 Å². The predicted octanol–water partition coefficient (Wildman–Crippen LogP) is 7.71. The summed E-state index contributed by atoms with van der Waals surface area (Å²) >= 11 is 18.6. The molecule has 46 heavy (non-hydrogen) atoms. The number of hydrogen-bond donors (Lipinski definition) is 1. The van der Waals surface area contributed by atoms with Crippen LogP contribution in [0.15, 0.2) is 102 Å². The van der Waals surface area contributed by atoms with Gasteiger partial charge in [-0.3, -0.25) is 13.9 Å². The Morgan fingerprint density at radius 1 is 0.826 bits per heavy atom. The fourth-order valence-corrected chi connectivity index (χ4v) is 6.85. The average Bonchev–Trinajstić information content (AvgIpc) is 3.04.